The molecule has 4 rings (SSSR count). The molecule has 0 fully saturated rings. The highest BCUT2D eigenvalue weighted by Crippen LogP contribution is 2.47. The summed E-state index contributed by atoms with van der Waals surface area (Å²) in [6.45, 7) is 8.51. The predicted octanol–water partition coefficient (Wildman–Crippen LogP) is 5.54. The molecule has 0 amide bonds. The van der Waals surface area contributed by atoms with E-state index >= 15 is 0 Å². The average molecular weight is 407 g/mol. The van der Waals surface area contributed by atoms with Crippen LogP contribution in [0.1, 0.15) is 49.4 Å². The van der Waals surface area contributed by atoms with Gasteiger partial charge in [-0.15, -0.1) is 0 Å². The molecule has 2 aliphatic rings. The highest BCUT2D eigenvalue weighted by atomic mass is 16.5. The number of ether oxygens (including phenoxy) is 2. The molecule has 0 aromatic heterocycles. The van der Waals surface area contributed by atoms with E-state index in [1.54, 1.807) is 14.2 Å². The van der Waals surface area contributed by atoms with E-state index in [0.717, 1.165) is 46.1 Å². The minimum Gasteiger partial charge on any atom is -0.497 e. The van der Waals surface area contributed by atoms with Crippen LogP contribution in [0.3, 0.4) is 0 Å². The van der Waals surface area contributed by atoms with E-state index < -0.39 is 0 Å². The van der Waals surface area contributed by atoms with Crippen molar-refractivity contribution in [3.05, 3.63) is 58.3 Å². The number of rotatable bonds is 3. The molecule has 0 unspecified atom stereocenters. The van der Waals surface area contributed by atoms with E-state index in [9.17, 15) is 4.79 Å². The molecule has 2 aromatic rings. The average Bonchev–Trinajstić information content (AvgIpc) is 2.83. The van der Waals surface area contributed by atoms with Gasteiger partial charge in [-0.2, -0.15) is 0 Å². The third-order valence-electron chi connectivity index (χ3n) is 6.18. The number of carbonyl (C=O) groups excluding carboxylic acids is 1. The van der Waals surface area contributed by atoms with Gasteiger partial charge in [0.25, 0.3) is 0 Å². The van der Waals surface area contributed by atoms with Gasteiger partial charge < -0.3 is 20.1 Å². The maximum Gasteiger partial charge on any atom is 0.163 e. The minimum absolute atomic E-state index is 0.0871. The van der Waals surface area contributed by atoms with Gasteiger partial charge in [-0.1, -0.05) is 13.8 Å². The fraction of sp³-hybridized carbons (Fsp3) is 0.400. The van der Waals surface area contributed by atoms with Crippen LogP contribution in [0.2, 0.25) is 0 Å². The normalized spacial score (nSPS) is 19.8. The molecular formula is C25H30N2O3. The van der Waals surface area contributed by atoms with Gasteiger partial charge in [0.1, 0.15) is 11.5 Å². The Bertz CT molecular complexity index is 1050. The Labute approximate surface area is 178 Å². The predicted molar refractivity (Wildman–Crippen MR) is 120 cm³/mol. The van der Waals surface area contributed by atoms with Gasteiger partial charge in [-0.3, -0.25) is 4.79 Å². The molecule has 0 saturated carbocycles. The summed E-state index contributed by atoms with van der Waals surface area (Å²) in [7, 11) is 3.30. The Morgan fingerprint density at radius 1 is 0.967 bits per heavy atom. The number of fused-ring (bicyclic) bond motifs is 1. The van der Waals surface area contributed by atoms with Gasteiger partial charge in [0, 0.05) is 23.3 Å². The van der Waals surface area contributed by atoms with Crippen molar-refractivity contribution in [3.8, 4) is 11.5 Å². The van der Waals surface area contributed by atoms with Crippen molar-refractivity contribution in [3.63, 3.8) is 0 Å². The molecule has 0 saturated heterocycles. The molecule has 1 aliphatic carbocycles. The van der Waals surface area contributed by atoms with Crippen molar-refractivity contribution < 1.29 is 14.3 Å². The van der Waals surface area contributed by atoms with Gasteiger partial charge in [0.2, 0.25) is 0 Å². The monoisotopic (exact) mass is 406 g/mol. The smallest absolute Gasteiger partial charge is 0.163 e. The summed E-state index contributed by atoms with van der Waals surface area (Å²) in [5, 5.41) is 7.26. The largest absolute Gasteiger partial charge is 0.497 e. The lowest BCUT2D eigenvalue weighted by Crippen LogP contribution is -2.31. The molecular weight excluding hydrogens is 376 g/mol. The molecule has 30 heavy (non-hydrogen) atoms. The molecule has 158 valence electrons. The molecule has 0 bridgehead atoms. The van der Waals surface area contributed by atoms with Gasteiger partial charge in [-0.05, 0) is 67.1 Å². The van der Waals surface area contributed by atoms with Crippen molar-refractivity contribution in [2.45, 2.75) is 46.6 Å². The number of anilines is 2. The van der Waals surface area contributed by atoms with Crippen LogP contribution in [0, 0.1) is 19.3 Å². The SMILES string of the molecule is COc1ccc(OC)c([C@H]2Nc3cc(C)c(C)cc3NC3=C2C(=O)CC(C)(C)C3)c1. The van der Waals surface area contributed by atoms with Crippen LogP contribution in [-0.2, 0) is 4.79 Å². The van der Waals surface area contributed by atoms with Gasteiger partial charge in [-0.25, -0.2) is 0 Å². The second kappa shape index (κ2) is 7.38. The number of hydrogen-bond acceptors (Lipinski definition) is 5. The van der Waals surface area contributed by atoms with E-state index in [2.05, 4.69) is 50.5 Å². The lowest BCUT2D eigenvalue weighted by molar-refractivity contribution is -0.118. The standard InChI is InChI=1S/C25H30N2O3/c1-14-9-18-19(10-15(14)2)27-24(17-11-16(29-5)7-8-22(17)30-6)23-20(26-18)12-25(3,4)13-21(23)28/h7-11,24,26-27H,12-13H2,1-6H3/t24-/m1/s1. The molecule has 2 N–H and O–H groups in total. The number of benzene rings is 2. The Balaban J connectivity index is 1.95. The second-order valence-corrected chi connectivity index (χ2v) is 9.13. The quantitative estimate of drug-likeness (QED) is 0.701. The summed E-state index contributed by atoms with van der Waals surface area (Å²) in [5.41, 5.74) is 6.97. The maximum absolute atomic E-state index is 13.4. The molecule has 0 spiro atoms. The number of hydrogen-bond donors (Lipinski definition) is 2. The summed E-state index contributed by atoms with van der Waals surface area (Å²) >= 11 is 0. The van der Waals surface area contributed by atoms with Crippen LogP contribution in [0.15, 0.2) is 41.6 Å². The van der Waals surface area contributed by atoms with Gasteiger partial charge in [0.05, 0.1) is 31.6 Å². The third-order valence-corrected chi connectivity index (χ3v) is 6.18. The zero-order valence-corrected chi connectivity index (χ0v) is 18.6. The van der Waals surface area contributed by atoms with E-state index in [4.69, 9.17) is 9.47 Å². The fourth-order valence-corrected chi connectivity index (χ4v) is 4.51. The number of carbonyl (C=O) groups is 1. The van der Waals surface area contributed by atoms with E-state index in [1.165, 1.54) is 11.1 Å². The number of nitrogens with one attached hydrogen (secondary N) is 2. The first-order valence-electron chi connectivity index (χ1n) is 10.4. The van der Waals surface area contributed by atoms with E-state index in [-0.39, 0.29) is 17.2 Å². The van der Waals surface area contributed by atoms with Gasteiger partial charge in [0.15, 0.2) is 5.78 Å². The zero-order chi connectivity index (χ0) is 21.6. The third kappa shape index (κ3) is 3.53. The van der Waals surface area contributed by atoms with Crippen molar-refractivity contribution in [1.82, 2.24) is 0 Å². The van der Waals surface area contributed by atoms with Crippen LogP contribution < -0.4 is 20.1 Å². The summed E-state index contributed by atoms with van der Waals surface area (Å²) in [4.78, 5) is 13.4. The molecule has 1 heterocycles. The molecule has 0 radical (unpaired) electrons. The Kier molecular flexibility index (Phi) is 5.00. The number of allylic oxidation sites excluding steroid dienone is 1. The van der Waals surface area contributed by atoms with Crippen LogP contribution in [0.5, 0.6) is 11.5 Å². The Morgan fingerprint density at radius 2 is 1.67 bits per heavy atom. The van der Waals surface area contributed by atoms with E-state index in [0.29, 0.717) is 6.42 Å². The van der Waals surface area contributed by atoms with Crippen molar-refractivity contribution >= 4 is 17.2 Å². The number of ketones is 1. The van der Waals surface area contributed by atoms with Crippen LogP contribution in [0.25, 0.3) is 0 Å². The molecule has 2 aromatic carbocycles. The first-order valence-corrected chi connectivity index (χ1v) is 10.4. The second-order valence-electron chi connectivity index (χ2n) is 9.13. The Hall–Kier alpha value is -2.95. The molecule has 5 nitrogen and oxygen atoms in total. The summed E-state index contributed by atoms with van der Waals surface area (Å²) in [6, 6.07) is 9.70. The molecule has 1 atom stereocenters. The summed E-state index contributed by atoms with van der Waals surface area (Å²) < 4.78 is 11.2. The highest BCUT2D eigenvalue weighted by molar-refractivity contribution is 6.01. The number of Topliss-reactive ketones (excluding diaryl/α,β-unsaturated/α-hetero) is 1. The molecule has 1 aliphatic heterocycles. The molecule has 5 heteroatoms. The Morgan fingerprint density at radius 3 is 2.33 bits per heavy atom. The topological polar surface area (TPSA) is 59.6 Å². The zero-order valence-electron chi connectivity index (χ0n) is 18.6. The van der Waals surface area contributed by atoms with E-state index in [1.807, 2.05) is 18.2 Å². The summed E-state index contributed by atoms with van der Waals surface area (Å²) in [6.07, 6.45) is 1.33. The summed E-state index contributed by atoms with van der Waals surface area (Å²) in [5.74, 6) is 1.62. The van der Waals surface area contributed by atoms with Crippen LogP contribution in [-0.4, -0.2) is 20.0 Å². The lowest BCUT2D eigenvalue weighted by atomic mass is 9.73. The maximum atomic E-state index is 13.4. The lowest BCUT2D eigenvalue weighted by Gasteiger charge is -2.34. The minimum atomic E-state index is -0.329. The van der Waals surface area contributed by atoms with Crippen molar-refractivity contribution in [1.29, 1.82) is 0 Å². The first kappa shape index (κ1) is 20.3. The first-order chi connectivity index (χ1) is 14.2. The van der Waals surface area contributed by atoms with Crippen LogP contribution >= 0.6 is 0 Å². The van der Waals surface area contributed by atoms with Crippen molar-refractivity contribution in [2.75, 3.05) is 24.9 Å². The highest BCUT2D eigenvalue weighted by Gasteiger charge is 2.39. The fourth-order valence-electron chi connectivity index (χ4n) is 4.51. The number of aryl methyl sites for hydroxylation is 2. The van der Waals surface area contributed by atoms with Crippen molar-refractivity contribution in [2.24, 2.45) is 5.41 Å². The van der Waals surface area contributed by atoms with Gasteiger partial charge >= 0.3 is 0 Å². The number of methoxy groups -OCH3 is 2. The van der Waals surface area contributed by atoms with Crippen LogP contribution in [0.4, 0.5) is 11.4 Å².